The number of carbonyl (C=O) groups is 1. The zero-order chi connectivity index (χ0) is 20.1. The van der Waals surface area contributed by atoms with Crippen LogP contribution in [0.25, 0.3) is 11.4 Å². The van der Waals surface area contributed by atoms with Crippen LogP contribution in [0.4, 0.5) is 0 Å². The van der Waals surface area contributed by atoms with Crippen LogP contribution in [-0.2, 0) is 11.3 Å². The molecule has 28 heavy (non-hydrogen) atoms. The first-order valence-electron chi connectivity index (χ1n) is 9.00. The lowest BCUT2D eigenvalue weighted by molar-refractivity contribution is -0.136. The van der Waals surface area contributed by atoms with Crippen LogP contribution in [0.2, 0.25) is 0 Å². The van der Waals surface area contributed by atoms with E-state index in [0.717, 1.165) is 15.6 Å². The summed E-state index contributed by atoms with van der Waals surface area (Å²) in [7, 11) is 0. The van der Waals surface area contributed by atoms with Crippen molar-refractivity contribution in [2.75, 3.05) is 6.61 Å². The molecule has 3 aromatic rings. The Hall–Kier alpha value is -2.67. The van der Waals surface area contributed by atoms with E-state index in [4.69, 9.17) is 9.26 Å². The summed E-state index contributed by atoms with van der Waals surface area (Å²) in [5.41, 5.74) is 2.00. The fourth-order valence-corrected chi connectivity index (χ4v) is 2.95. The van der Waals surface area contributed by atoms with Crippen molar-refractivity contribution in [3.8, 4) is 17.1 Å². The second-order valence-electron chi connectivity index (χ2n) is 6.74. The fourth-order valence-electron chi connectivity index (χ4n) is 2.68. The number of carbonyl (C=O) groups excluding carboxylic acids is 1. The first-order chi connectivity index (χ1) is 13.4. The Kier molecular flexibility index (Phi) is 6.46. The van der Waals surface area contributed by atoms with E-state index in [1.165, 1.54) is 0 Å². The summed E-state index contributed by atoms with van der Waals surface area (Å²) in [5, 5.41) is 4.04. The third kappa shape index (κ3) is 5.19. The smallest absolute Gasteiger partial charge is 0.261 e. The van der Waals surface area contributed by atoms with Crippen LogP contribution in [0.15, 0.2) is 57.5 Å². The van der Waals surface area contributed by atoms with Crippen molar-refractivity contribution >= 4 is 21.8 Å². The minimum absolute atomic E-state index is 0.0321. The fraction of sp³-hybridized carbons (Fsp3) is 0.286. The summed E-state index contributed by atoms with van der Waals surface area (Å²) < 4.78 is 11.9. The third-order valence-electron chi connectivity index (χ3n) is 4.17. The summed E-state index contributed by atoms with van der Waals surface area (Å²) in [6.45, 7) is 6.07. The number of hydrogen-bond donors (Lipinski definition) is 0. The number of aromatic nitrogens is 2. The molecule has 0 saturated heterocycles. The molecule has 0 bridgehead atoms. The zero-order valence-electron chi connectivity index (χ0n) is 16.1. The van der Waals surface area contributed by atoms with E-state index >= 15 is 0 Å². The quantitative estimate of drug-likeness (QED) is 0.532. The Bertz CT molecular complexity index is 938. The second kappa shape index (κ2) is 9.01. The normalized spacial score (nSPS) is 10.9. The average Bonchev–Trinajstić information content (AvgIpc) is 3.14. The molecule has 7 heteroatoms. The van der Waals surface area contributed by atoms with Crippen molar-refractivity contribution < 1.29 is 14.1 Å². The third-order valence-corrected chi connectivity index (χ3v) is 4.70. The number of benzene rings is 2. The highest BCUT2D eigenvalue weighted by molar-refractivity contribution is 9.10. The summed E-state index contributed by atoms with van der Waals surface area (Å²) in [6, 6.07) is 15.2. The van der Waals surface area contributed by atoms with E-state index < -0.39 is 0 Å². The van der Waals surface area contributed by atoms with Crippen LogP contribution in [0.1, 0.15) is 25.3 Å². The number of aryl methyl sites for hydroxylation is 1. The van der Waals surface area contributed by atoms with Gasteiger partial charge in [-0.25, -0.2) is 0 Å². The maximum Gasteiger partial charge on any atom is 0.261 e. The minimum Gasteiger partial charge on any atom is -0.484 e. The molecule has 0 unspecified atom stereocenters. The van der Waals surface area contributed by atoms with Crippen LogP contribution in [-0.4, -0.2) is 33.6 Å². The van der Waals surface area contributed by atoms with E-state index in [1.54, 1.807) is 4.90 Å². The first kappa shape index (κ1) is 20.1. The molecule has 1 heterocycles. The van der Waals surface area contributed by atoms with Gasteiger partial charge in [0.25, 0.3) is 5.91 Å². The molecular weight excluding hydrogens is 422 g/mol. The Morgan fingerprint density at radius 1 is 1.21 bits per heavy atom. The number of ether oxygens (including phenoxy) is 1. The molecule has 0 aliphatic heterocycles. The molecule has 0 fully saturated rings. The molecule has 0 radical (unpaired) electrons. The van der Waals surface area contributed by atoms with E-state index in [2.05, 4.69) is 26.1 Å². The Morgan fingerprint density at radius 2 is 1.96 bits per heavy atom. The molecule has 3 rings (SSSR count). The Labute approximate surface area is 172 Å². The van der Waals surface area contributed by atoms with Gasteiger partial charge in [0.1, 0.15) is 12.3 Å². The van der Waals surface area contributed by atoms with Crippen molar-refractivity contribution in [1.82, 2.24) is 15.0 Å². The molecule has 0 spiro atoms. The van der Waals surface area contributed by atoms with Crippen molar-refractivity contribution in [3.63, 3.8) is 0 Å². The van der Waals surface area contributed by atoms with Crippen LogP contribution in [0.5, 0.6) is 5.75 Å². The molecule has 0 saturated carbocycles. The van der Waals surface area contributed by atoms with Gasteiger partial charge in [-0.15, -0.1) is 0 Å². The van der Waals surface area contributed by atoms with Gasteiger partial charge in [0.05, 0.1) is 0 Å². The van der Waals surface area contributed by atoms with Gasteiger partial charge < -0.3 is 14.2 Å². The highest BCUT2D eigenvalue weighted by atomic mass is 79.9. The summed E-state index contributed by atoms with van der Waals surface area (Å²) >= 11 is 3.37. The Morgan fingerprint density at radius 3 is 2.64 bits per heavy atom. The van der Waals surface area contributed by atoms with E-state index in [1.807, 2.05) is 69.3 Å². The van der Waals surface area contributed by atoms with Gasteiger partial charge in [0.2, 0.25) is 11.7 Å². The number of rotatable bonds is 7. The molecular formula is C21H22BrN3O3. The highest BCUT2D eigenvalue weighted by Crippen LogP contribution is 2.19. The van der Waals surface area contributed by atoms with Crippen molar-refractivity contribution in [3.05, 3.63) is 64.5 Å². The lowest BCUT2D eigenvalue weighted by Crippen LogP contribution is -2.39. The summed E-state index contributed by atoms with van der Waals surface area (Å²) in [5.74, 6) is 1.40. The van der Waals surface area contributed by atoms with Gasteiger partial charge in [-0.3, -0.25) is 4.79 Å². The predicted molar refractivity (Wildman–Crippen MR) is 110 cm³/mol. The van der Waals surface area contributed by atoms with Crippen molar-refractivity contribution in [2.45, 2.75) is 33.4 Å². The molecule has 0 N–H and O–H groups in total. The van der Waals surface area contributed by atoms with E-state index in [9.17, 15) is 4.79 Å². The maximum atomic E-state index is 12.7. The zero-order valence-corrected chi connectivity index (χ0v) is 17.6. The lowest BCUT2D eigenvalue weighted by atomic mass is 10.1. The maximum absolute atomic E-state index is 12.7. The summed E-state index contributed by atoms with van der Waals surface area (Å²) in [6.07, 6.45) is 0. The monoisotopic (exact) mass is 443 g/mol. The number of amides is 1. The molecule has 0 aliphatic rings. The standard InChI is InChI=1S/C21H22BrN3O3/c1-14(2)25(20(26)13-27-18-9-7-17(22)8-10-18)12-19-23-21(24-28-19)16-6-4-5-15(3)11-16/h4-11,14H,12-13H2,1-3H3. The van der Waals surface area contributed by atoms with Crippen molar-refractivity contribution in [1.29, 1.82) is 0 Å². The van der Waals surface area contributed by atoms with Crippen molar-refractivity contribution in [2.24, 2.45) is 0 Å². The first-order valence-corrected chi connectivity index (χ1v) is 9.79. The van der Waals surface area contributed by atoms with E-state index in [0.29, 0.717) is 17.5 Å². The molecule has 146 valence electrons. The van der Waals surface area contributed by atoms with Gasteiger partial charge in [-0.1, -0.05) is 44.8 Å². The predicted octanol–water partition coefficient (Wildman–Crippen LogP) is 4.62. The van der Waals surface area contributed by atoms with Gasteiger partial charge >= 0.3 is 0 Å². The Balaban J connectivity index is 1.65. The average molecular weight is 444 g/mol. The van der Waals surface area contributed by atoms with Crippen LogP contribution < -0.4 is 4.74 Å². The van der Waals surface area contributed by atoms with Crippen LogP contribution in [0, 0.1) is 6.92 Å². The molecule has 1 amide bonds. The number of nitrogens with zero attached hydrogens (tertiary/aromatic N) is 3. The minimum atomic E-state index is -0.145. The SMILES string of the molecule is Cc1cccc(-c2noc(CN(C(=O)COc3ccc(Br)cc3)C(C)C)n2)c1. The number of halogens is 1. The molecule has 0 aliphatic carbocycles. The van der Waals surface area contributed by atoms with Crippen LogP contribution in [0.3, 0.4) is 0 Å². The second-order valence-corrected chi connectivity index (χ2v) is 7.65. The van der Waals surface area contributed by atoms with Gasteiger partial charge in [0.15, 0.2) is 6.61 Å². The molecule has 1 aromatic heterocycles. The molecule has 0 atom stereocenters. The molecule has 2 aromatic carbocycles. The molecule has 6 nitrogen and oxygen atoms in total. The van der Waals surface area contributed by atoms with Gasteiger partial charge in [0, 0.05) is 16.1 Å². The summed E-state index contributed by atoms with van der Waals surface area (Å²) in [4.78, 5) is 18.7. The highest BCUT2D eigenvalue weighted by Gasteiger charge is 2.21. The lowest BCUT2D eigenvalue weighted by Gasteiger charge is -2.25. The largest absolute Gasteiger partial charge is 0.484 e. The van der Waals surface area contributed by atoms with Crippen LogP contribution >= 0.6 is 15.9 Å². The van der Waals surface area contributed by atoms with E-state index in [-0.39, 0.29) is 25.1 Å². The topological polar surface area (TPSA) is 68.5 Å². The van der Waals surface area contributed by atoms with Gasteiger partial charge in [-0.05, 0) is 51.1 Å². The van der Waals surface area contributed by atoms with Gasteiger partial charge in [-0.2, -0.15) is 4.98 Å². The number of hydrogen-bond acceptors (Lipinski definition) is 5.